The predicted octanol–water partition coefficient (Wildman–Crippen LogP) is 0.0135. The van der Waals surface area contributed by atoms with Gasteiger partial charge in [0.25, 0.3) is 0 Å². The summed E-state index contributed by atoms with van der Waals surface area (Å²) in [4.78, 5) is 2.46. The van der Waals surface area contributed by atoms with Gasteiger partial charge in [-0.1, -0.05) is 19.1 Å². The van der Waals surface area contributed by atoms with Crippen molar-refractivity contribution in [1.82, 2.24) is 31.5 Å². The molecule has 0 bridgehead atoms. The summed E-state index contributed by atoms with van der Waals surface area (Å²) in [5, 5.41) is 18.2. The van der Waals surface area contributed by atoms with Crippen LogP contribution >= 0.6 is 0 Å². The maximum absolute atomic E-state index is 6.60. The molecule has 4 atom stereocenters. The topological polar surface area (TPSA) is 125 Å². The molecule has 0 radical (unpaired) electrons. The largest absolute Gasteiger partial charge is 0.382 e. The van der Waals surface area contributed by atoms with Gasteiger partial charge in [0.15, 0.2) is 0 Å². The third kappa shape index (κ3) is 6.62. The predicted molar refractivity (Wildman–Crippen MR) is 130 cm³/mol. The number of rotatable bonds is 11. The molecule has 3 heterocycles. The van der Waals surface area contributed by atoms with E-state index >= 15 is 0 Å². The molecule has 3 aliphatic rings. The van der Waals surface area contributed by atoms with Crippen molar-refractivity contribution in [3.63, 3.8) is 0 Å². The van der Waals surface area contributed by atoms with E-state index in [1.807, 2.05) is 6.92 Å². The fourth-order valence-electron chi connectivity index (χ4n) is 4.44. The number of hydrogen-bond donors (Lipinski definition) is 7. The van der Waals surface area contributed by atoms with Gasteiger partial charge < -0.3 is 37.5 Å². The van der Waals surface area contributed by atoms with E-state index in [1.54, 1.807) is 0 Å². The van der Waals surface area contributed by atoms with Gasteiger partial charge in [0.2, 0.25) is 0 Å². The van der Waals surface area contributed by atoms with Crippen molar-refractivity contribution in [1.29, 1.82) is 0 Å². The molecular formula is C23H44N8O. The van der Waals surface area contributed by atoms with Crippen LogP contribution in [-0.2, 0) is 4.74 Å². The van der Waals surface area contributed by atoms with Crippen LogP contribution in [0.4, 0.5) is 0 Å². The highest BCUT2D eigenvalue weighted by molar-refractivity contribution is 5.28. The van der Waals surface area contributed by atoms with Crippen LogP contribution in [0.2, 0.25) is 0 Å². The zero-order valence-corrected chi connectivity index (χ0v) is 20.0. The maximum atomic E-state index is 6.60. The second-order valence-corrected chi connectivity index (χ2v) is 8.87. The molecule has 0 spiro atoms. The SMILES string of the molecule is CCOCCNC1=C(C(N)CC)NC(N2CCC(CN)CC2)NC1NC1=CC=CC(C)N1. The highest BCUT2D eigenvalue weighted by atomic mass is 16.5. The number of ether oxygens (including phenoxy) is 1. The summed E-state index contributed by atoms with van der Waals surface area (Å²) in [6, 6.07) is 0.207. The van der Waals surface area contributed by atoms with E-state index in [9.17, 15) is 0 Å². The van der Waals surface area contributed by atoms with Crippen LogP contribution in [-0.4, -0.2) is 68.8 Å². The molecule has 4 unspecified atom stereocenters. The minimum Gasteiger partial charge on any atom is -0.382 e. The number of nitrogens with two attached hydrogens (primary N) is 2. The van der Waals surface area contributed by atoms with Crippen LogP contribution < -0.4 is 38.1 Å². The van der Waals surface area contributed by atoms with Crippen molar-refractivity contribution < 1.29 is 4.74 Å². The fraction of sp³-hybridized carbons (Fsp3) is 0.739. The van der Waals surface area contributed by atoms with Crippen molar-refractivity contribution in [3.05, 3.63) is 35.4 Å². The molecule has 9 heteroatoms. The van der Waals surface area contributed by atoms with E-state index in [0.29, 0.717) is 19.1 Å². The van der Waals surface area contributed by atoms with Gasteiger partial charge in [-0.15, -0.1) is 0 Å². The lowest BCUT2D eigenvalue weighted by molar-refractivity contribution is 0.0784. The average molecular weight is 449 g/mol. The van der Waals surface area contributed by atoms with Crippen molar-refractivity contribution in [3.8, 4) is 0 Å². The third-order valence-electron chi connectivity index (χ3n) is 6.47. The van der Waals surface area contributed by atoms with Gasteiger partial charge >= 0.3 is 0 Å². The Balaban J connectivity index is 1.81. The summed E-state index contributed by atoms with van der Waals surface area (Å²) in [6.07, 6.45) is 9.31. The number of likely N-dealkylation sites (tertiary alicyclic amines) is 1. The van der Waals surface area contributed by atoms with Crippen molar-refractivity contribution in [2.45, 2.75) is 64.6 Å². The monoisotopic (exact) mass is 448 g/mol. The molecule has 0 amide bonds. The van der Waals surface area contributed by atoms with E-state index in [1.165, 1.54) is 0 Å². The van der Waals surface area contributed by atoms with E-state index in [-0.39, 0.29) is 24.5 Å². The summed E-state index contributed by atoms with van der Waals surface area (Å²) in [5.41, 5.74) is 14.6. The molecule has 3 aliphatic heterocycles. The highest BCUT2D eigenvalue weighted by Gasteiger charge is 2.35. The Labute approximate surface area is 193 Å². The molecule has 32 heavy (non-hydrogen) atoms. The van der Waals surface area contributed by atoms with Gasteiger partial charge in [-0.05, 0) is 51.6 Å². The molecular weight excluding hydrogens is 404 g/mol. The quantitative estimate of drug-likeness (QED) is 0.219. The molecule has 3 rings (SSSR count). The summed E-state index contributed by atoms with van der Waals surface area (Å²) in [5.74, 6) is 1.62. The van der Waals surface area contributed by atoms with Crippen LogP contribution in [0.15, 0.2) is 35.4 Å². The fourth-order valence-corrected chi connectivity index (χ4v) is 4.44. The van der Waals surface area contributed by atoms with Gasteiger partial charge in [-0.25, -0.2) is 0 Å². The normalized spacial score (nSPS) is 28.0. The molecule has 0 aliphatic carbocycles. The van der Waals surface area contributed by atoms with Crippen molar-refractivity contribution in [2.24, 2.45) is 17.4 Å². The smallest absolute Gasteiger partial charge is 0.136 e. The summed E-state index contributed by atoms with van der Waals surface area (Å²) in [7, 11) is 0. The molecule has 0 saturated carbocycles. The Bertz CT molecular complexity index is 671. The Morgan fingerprint density at radius 2 is 2.03 bits per heavy atom. The van der Waals surface area contributed by atoms with Crippen molar-refractivity contribution in [2.75, 3.05) is 39.4 Å². The van der Waals surface area contributed by atoms with Gasteiger partial charge in [0, 0.05) is 38.3 Å². The van der Waals surface area contributed by atoms with Gasteiger partial charge in [-0.3, -0.25) is 10.2 Å². The van der Waals surface area contributed by atoms with E-state index in [2.05, 4.69) is 63.6 Å². The first-order valence-corrected chi connectivity index (χ1v) is 12.2. The maximum Gasteiger partial charge on any atom is 0.136 e. The lowest BCUT2D eigenvalue weighted by Crippen LogP contribution is -2.68. The Hall–Kier alpha value is -1.78. The summed E-state index contributed by atoms with van der Waals surface area (Å²) >= 11 is 0. The summed E-state index contributed by atoms with van der Waals surface area (Å²) < 4.78 is 5.55. The van der Waals surface area contributed by atoms with Gasteiger partial charge in [0.05, 0.1) is 18.0 Å². The summed E-state index contributed by atoms with van der Waals surface area (Å²) in [6.45, 7) is 11.2. The Morgan fingerprint density at radius 1 is 1.25 bits per heavy atom. The van der Waals surface area contributed by atoms with Crippen LogP contribution in [0, 0.1) is 5.92 Å². The van der Waals surface area contributed by atoms with Gasteiger partial charge in [0.1, 0.15) is 18.3 Å². The van der Waals surface area contributed by atoms with Crippen LogP contribution in [0.25, 0.3) is 0 Å². The zero-order valence-electron chi connectivity index (χ0n) is 20.0. The number of dihydropyridines is 1. The van der Waals surface area contributed by atoms with E-state index in [4.69, 9.17) is 16.2 Å². The van der Waals surface area contributed by atoms with Crippen LogP contribution in [0.5, 0.6) is 0 Å². The number of piperidine rings is 1. The number of nitrogens with one attached hydrogen (secondary N) is 5. The number of nitrogens with zero attached hydrogens (tertiary/aromatic N) is 1. The third-order valence-corrected chi connectivity index (χ3v) is 6.47. The second-order valence-electron chi connectivity index (χ2n) is 8.87. The molecule has 1 fully saturated rings. The van der Waals surface area contributed by atoms with Crippen molar-refractivity contribution >= 4 is 0 Å². The zero-order chi connectivity index (χ0) is 22.9. The standard InChI is InChI=1S/C23H44N8O/c1-4-18(25)20-21(26-11-14-32-5-2)22(28-19-8-6-7-16(3)27-19)30-23(29-20)31-12-9-17(15-24)10-13-31/h6-8,16-18,22-23,26-30H,4-5,9-15,24-25H2,1-3H3. The Morgan fingerprint density at radius 3 is 2.69 bits per heavy atom. The second kappa shape index (κ2) is 12.5. The minimum absolute atomic E-state index is 0.00780. The van der Waals surface area contributed by atoms with Crippen LogP contribution in [0.3, 0.4) is 0 Å². The Kier molecular flexibility index (Phi) is 9.68. The molecule has 182 valence electrons. The molecule has 1 saturated heterocycles. The lowest BCUT2D eigenvalue weighted by atomic mass is 9.97. The number of allylic oxidation sites excluding steroid dienone is 2. The molecule has 9 nitrogen and oxygen atoms in total. The van der Waals surface area contributed by atoms with E-state index in [0.717, 1.165) is 62.7 Å². The molecule has 9 N–H and O–H groups in total. The average Bonchev–Trinajstić information content (AvgIpc) is 2.81. The minimum atomic E-state index is -0.111. The first kappa shape index (κ1) is 24.9. The highest BCUT2D eigenvalue weighted by Crippen LogP contribution is 2.21. The molecule has 0 aromatic heterocycles. The van der Waals surface area contributed by atoms with E-state index < -0.39 is 0 Å². The lowest BCUT2D eigenvalue weighted by Gasteiger charge is -2.45. The van der Waals surface area contributed by atoms with Crippen LogP contribution in [0.1, 0.15) is 40.0 Å². The van der Waals surface area contributed by atoms with Gasteiger partial charge in [-0.2, -0.15) is 0 Å². The number of hydrogen-bond acceptors (Lipinski definition) is 9. The molecule has 0 aromatic rings. The first-order valence-electron chi connectivity index (χ1n) is 12.2. The first-order chi connectivity index (χ1) is 15.5. The molecule has 0 aromatic carbocycles.